The first-order valence-corrected chi connectivity index (χ1v) is 16.9. The zero-order chi connectivity index (χ0) is 31.4. The fourth-order valence-electron chi connectivity index (χ4n) is 6.15. The molecule has 6 rings (SSSR count). The summed E-state index contributed by atoms with van der Waals surface area (Å²) in [5.74, 6) is 0.0542. The topological polar surface area (TPSA) is 108 Å². The molecular formula is C36H40N2O6S. The van der Waals surface area contributed by atoms with Gasteiger partial charge in [-0.25, -0.2) is 13.1 Å². The normalized spacial score (nSPS) is 24.1. The van der Waals surface area contributed by atoms with Gasteiger partial charge in [0.1, 0.15) is 0 Å². The molecule has 2 fully saturated rings. The van der Waals surface area contributed by atoms with Gasteiger partial charge in [-0.2, -0.15) is 0 Å². The van der Waals surface area contributed by atoms with Crippen LogP contribution in [0.1, 0.15) is 48.0 Å². The first-order chi connectivity index (χ1) is 21.8. The largest absolute Gasteiger partial charge is 0.392 e. The van der Waals surface area contributed by atoms with E-state index in [4.69, 9.17) is 9.47 Å². The van der Waals surface area contributed by atoms with Crippen molar-refractivity contribution < 1.29 is 28.1 Å². The molecule has 0 saturated carbocycles. The third-order valence-electron chi connectivity index (χ3n) is 8.75. The predicted molar refractivity (Wildman–Crippen MR) is 172 cm³/mol. The number of rotatable bonds is 10. The summed E-state index contributed by atoms with van der Waals surface area (Å²) in [5.41, 5.74) is 5.53. The second-order valence-electron chi connectivity index (χ2n) is 12.0. The molecule has 0 radical (unpaired) electrons. The Morgan fingerprint density at radius 2 is 1.58 bits per heavy atom. The molecule has 2 saturated heterocycles. The number of nitrogens with one attached hydrogen (secondary N) is 1. The quantitative estimate of drug-likeness (QED) is 0.222. The Kier molecular flexibility index (Phi) is 9.77. The number of sulfonamides is 1. The fraction of sp³-hybridized carbons (Fsp3) is 0.333. The molecule has 9 heteroatoms. The highest BCUT2D eigenvalue weighted by Crippen LogP contribution is 2.42. The van der Waals surface area contributed by atoms with Crippen LogP contribution in [0.15, 0.2) is 108 Å². The summed E-state index contributed by atoms with van der Waals surface area (Å²) in [6.45, 7) is 4.47. The van der Waals surface area contributed by atoms with Crippen molar-refractivity contribution in [2.75, 3.05) is 19.6 Å². The molecule has 0 bridgehead atoms. The summed E-state index contributed by atoms with van der Waals surface area (Å²) in [6.07, 6.45) is -0.497. The Bertz CT molecular complexity index is 1680. The van der Waals surface area contributed by atoms with Crippen molar-refractivity contribution >= 4 is 10.0 Å². The lowest BCUT2D eigenvalue weighted by Crippen LogP contribution is -2.44. The number of benzene rings is 4. The molecule has 236 valence electrons. The van der Waals surface area contributed by atoms with Crippen LogP contribution in [0, 0.1) is 5.92 Å². The van der Waals surface area contributed by atoms with Crippen molar-refractivity contribution in [1.29, 1.82) is 0 Å². The lowest BCUT2D eigenvalue weighted by molar-refractivity contribution is -0.276. The summed E-state index contributed by atoms with van der Waals surface area (Å²) in [6, 6.07) is 32.1. The van der Waals surface area contributed by atoms with E-state index in [1.165, 1.54) is 0 Å². The fourth-order valence-corrected chi connectivity index (χ4v) is 7.19. The summed E-state index contributed by atoms with van der Waals surface area (Å²) < 4.78 is 41.5. The van der Waals surface area contributed by atoms with Crippen molar-refractivity contribution in [2.24, 2.45) is 5.92 Å². The second kappa shape index (κ2) is 13.9. The molecule has 2 aliphatic rings. The molecule has 0 aromatic heterocycles. The monoisotopic (exact) mass is 628 g/mol. The number of β-amino-alcohol motifs (C(OH)–C–C–N with tert-alkyl or cyclic N) is 1. The SMILES string of the molecule is CC1C(CN2CCC(O)C2)OC(c2cccc(-c3cccc(CNS(=O)(=O)c4ccccc4)c3)c2)OC1c1ccc(CO)cc1. The number of ether oxygens (including phenoxy) is 2. The summed E-state index contributed by atoms with van der Waals surface area (Å²) in [4.78, 5) is 2.49. The molecule has 8 nitrogen and oxygen atoms in total. The first kappa shape index (κ1) is 31.6. The average molecular weight is 629 g/mol. The van der Waals surface area contributed by atoms with Crippen molar-refractivity contribution in [3.8, 4) is 11.1 Å². The van der Waals surface area contributed by atoms with Crippen LogP contribution in [0.3, 0.4) is 0 Å². The Morgan fingerprint density at radius 1 is 0.844 bits per heavy atom. The maximum absolute atomic E-state index is 12.8. The zero-order valence-electron chi connectivity index (χ0n) is 25.3. The van der Waals surface area contributed by atoms with Crippen LogP contribution in [0.5, 0.6) is 0 Å². The van der Waals surface area contributed by atoms with E-state index < -0.39 is 16.3 Å². The van der Waals surface area contributed by atoms with Gasteiger partial charge in [0.2, 0.25) is 10.0 Å². The highest BCUT2D eigenvalue weighted by molar-refractivity contribution is 7.89. The average Bonchev–Trinajstić information content (AvgIpc) is 3.49. The summed E-state index contributed by atoms with van der Waals surface area (Å²) in [5, 5.41) is 19.7. The van der Waals surface area contributed by atoms with Crippen LogP contribution < -0.4 is 4.72 Å². The number of aliphatic hydroxyl groups excluding tert-OH is 2. The van der Waals surface area contributed by atoms with Crippen LogP contribution in [0.2, 0.25) is 0 Å². The minimum atomic E-state index is -3.62. The second-order valence-corrected chi connectivity index (χ2v) is 13.8. The number of aliphatic hydroxyl groups is 2. The maximum atomic E-state index is 12.8. The van der Waals surface area contributed by atoms with E-state index in [0.29, 0.717) is 13.1 Å². The smallest absolute Gasteiger partial charge is 0.240 e. The standard InChI is InChI=1S/C36H40N2O6S/c1-25-34(23-38-18-17-32(40)22-38)43-36(44-35(25)28-15-13-26(24-39)14-16-28)31-10-6-9-30(20-31)29-8-5-7-27(19-29)21-37-45(41,42)33-11-3-2-4-12-33/h2-16,19-20,25,32,34-37,39-40H,17-18,21-24H2,1H3. The van der Waals surface area contributed by atoms with E-state index in [1.807, 2.05) is 66.7 Å². The van der Waals surface area contributed by atoms with Gasteiger partial charge >= 0.3 is 0 Å². The minimum absolute atomic E-state index is 0.0140. The molecule has 0 aliphatic carbocycles. The number of likely N-dealkylation sites (tertiary alicyclic amines) is 1. The van der Waals surface area contributed by atoms with Crippen molar-refractivity contribution in [2.45, 2.75) is 56.0 Å². The number of hydrogen-bond acceptors (Lipinski definition) is 7. The van der Waals surface area contributed by atoms with Gasteiger partial charge in [-0.3, -0.25) is 4.90 Å². The van der Waals surface area contributed by atoms with E-state index >= 15 is 0 Å². The van der Waals surface area contributed by atoms with Gasteiger partial charge in [-0.1, -0.05) is 85.8 Å². The van der Waals surface area contributed by atoms with Crippen LogP contribution in [0.25, 0.3) is 11.1 Å². The van der Waals surface area contributed by atoms with Gasteiger partial charge in [0.25, 0.3) is 0 Å². The first-order valence-electron chi connectivity index (χ1n) is 15.4. The van der Waals surface area contributed by atoms with Crippen molar-refractivity contribution in [3.63, 3.8) is 0 Å². The lowest BCUT2D eigenvalue weighted by atomic mass is 9.90. The molecule has 3 N–H and O–H groups in total. The van der Waals surface area contributed by atoms with Crippen LogP contribution in [0.4, 0.5) is 0 Å². The molecule has 5 unspecified atom stereocenters. The molecule has 0 spiro atoms. The molecule has 45 heavy (non-hydrogen) atoms. The molecule has 5 atom stereocenters. The molecule has 0 amide bonds. The molecular weight excluding hydrogens is 588 g/mol. The van der Waals surface area contributed by atoms with Gasteiger partial charge in [0, 0.05) is 37.7 Å². The molecule has 2 aliphatic heterocycles. The highest BCUT2D eigenvalue weighted by atomic mass is 32.2. The van der Waals surface area contributed by atoms with Gasteiger partial charge in [-0.15, -0.1) is 0 Å². The van der Waals surface area contributed by atoms with Gasteiger partial charge in [0.15, 0.2) is 6.29 Å². The van der Waals surface area contributed by atoms with E-state index in [9.17, 15) is 18.6 Å². The Labute approximate surface area is 265 Å². The van der Waals surface area contributed by atoms with Crippen LogP contribution in [-0.4, -0.2) is 55.4 Å². The van der Waals surface area contributed by atoms with E-state index in [0.717, 1.165) is 46.3 Å². The predicted octanol–water partition coefficient (Wildman–Crippen LogP) is 5.18. The van der Waals surface area contributed by atoms with Crippen molar-refractivity contribution in [3.05, 3.63) is 125 Å². The minimum Gasteiger partial charge on any atom is -0.392 e. The van der Waals surface area contributed by atoms with E-state index in [-0.39, 0.29) is 42.3 Å². The van der Waals surface area contributed by atoms with Gasteiger partial charge in [-0.05, 0) is 58.5 Å². The molecule has 4 aromatic carbocycles. The van der Waals surface area contributed by atoms with Gasteiger partial charge < -0.3 is 19.7 Å². The molecule has 4 aromatic rings. The van der Waals surface area contributed by atoms with E-state index in [1.54, 1.807) is 30.3 Å². The Balaban J connectivity index is 1.23. The summed E-state index contributed by atoms with van der Waals surface area (Å²) >= 11 is 0. The molecule has 2 heterocycles. The lowest BCUT2D eigenvalue weighted by Gasteiger charge is -2.42. The summed E-state index contributed by atoms with van der Waals surface area (Å²) in [7, 11) is -3.62. The maximum Gasteiger partial charge on any atom is 0.240 e. The zero-order valence-corrected chi connectivity index (χ0v) is 26.1. The third kappa shape index (κ3) is 7.53. The van der Waals surface area contributed by atoms with Crippen LogP contribution in [-0.2, 0) is 32.6 Å². The number of hydrogen-bond donors (Lipinski definition) is 3. The third-order valence-corrected chi connectivity index (χ3v) is 10.2. The van der Waals surface area contributed by atoms with Crippen molar-refractivity contribution in [1.82, 2.24) is 9.62 Å². The Hall–Kier alpha value is -3.41. The van der Waals surface area contributed by atoms with Crippen LogP contribution >= 0.6 is 0 Å². The number of nitrogens with zero attached hydrogens (tertiary/aromatic N) is 1. The van der Waals surface area contributed by atoms with E-state index in [2.05, 4.69) is 22.6 Å². The highest BCUT2D eigenvalue weighted by Gasteiger charge is 2.40. The van der Waals surface area contributed by atoms with Gasteiger partial charge in [0.05, 0.1) is 29.8 Å². The Morgan fingerprint density at radius 3 is 2.29 bits per heavy atom.